The van der Waals surface area contributed by atoms with Crippen molar-refractivity contribution in [2.75, 3.05) is 0 Å². The van der Waals surface area contributed by atoms with Gasteiger partial charge in [0.25, 0.3) is 0 Å². The van der Waals surface area contributed by atoms with Gasteiger partial charge in [-0.3, -0.25) is 0 Å². The molecule has 0 aliphatic rings. The number of halogens is 4. The number of alkyl halides is 3. The van der Waals surface area contributed by atoms with Crippen molar-refractivity contribution >= 4 is 17.3 Å². The molecule has 1 aromatic rings. The van der Waals surface area contributed by atoms with Gasteiger partial charge >= 0.3 is 6.18 Å². The molecule has 0 spiro atoms. The summed E-state index contributed by atoms with van der Waals surface area (Å²) >= 11 is 5.79. The van der Waals surface area contributed by atoms with Gasteiger partial charge in [-0.25, -0.2) is 0 Å². The molecule has 0 radical (unpaired) electrons. The first-order chi connectivity index (χ1) is 9.04. The van der Waals surface area contributed by atoms with E-state index in [9.17, 15) is 13.2 Å². The Labute approximate surface area is 121 Å². The zero-order valence-electron chi connectivity index (χ0n) is 11.8. The van der Waals surface area contributed by atoms with Crippen LogP contribution in [0.25, 0.3) is 0 Å². The van der Waals surface area contributed by atoms with E-state index in [1.165, 1.54) is 12.1 Å². The van der Waals surface area contributed by atoms with E-state index >= 15 is 0 Å². The maximum Gasteiger partial charge on any atom is 0.417 e. The topological polar surface area (TPSA) is 21.6 Å². The second-order valence-corrected chi connectivity index (χ2v) is 5.72. The summed E-state index contributed by atoms with van der Waals surface area (Å²) in [6.07, 6.45) is -4.16. The van der Waals surface area contributed by atoms with Gasteiger partial charge in [-0.05, 0) is 45.4 Å². The average Bonchev–Trinajstić information content (AvgIpc) is 2.26. The monoisotopic (exact) mass is 307 g/mol. The minimum absolute atomic E-state index is 0.0447. The molecule has 0 aromatic heterocycles. The minimum Gasteiger partial charge on any atom is -0.390 e. The van der Waals surface area contributed by atoms with Crippen LogP contribution in [0.1, 0.15) is 45.2 Å². The van der Waals surface area contributed by atoms with Gasteiger partial charge in [0.2, 0.25) is 0 Å². The fourth-order valence-electron chi connectivity index (χ4n) is 1.50. The Kier molecular flexibility index (Phi) is 5.08. The second-order valence-electron chi connectivity index (χ2n) is 5.28. The molecule has 0 bridgehead atoms. The molecule has 0 saturated carbocycles. The van der Waals surface area contributed by atoms with Crippen LogP contribution in [0.4, 0.5) is 13.2 Å². The first-order valence-electron chi connectivity index (χ1n) is 6.16. The van der Waals surface area contributed by atoms with E-state index in [2.05, 4.69) is 5.16 Å². The molecule has 0 aliphatic carbocycles. The molecule has 0 fully saturated rings. The predicted octanol–water partition coefficient (Wildman–Crippen LogP) is 5.29. The molecule has 2 nitrogen and oxygen atoms in total. The van der Waals surface area contributed by atoms with Gasteiger partial charge in [0.05, 0.1) is 11.3 Å². The maximum atomic E-state index is 13.0. The quantitative estimate of drug-likeness (QED) is 0.549. The summed E-state index contributed by atoms with van der Waals surface area (Å²) in [4.78, 5) is 5.22. The lowest BCUT2D eigenvalue weighted by Crippen LogP contribution is -2.18. The highest BCUT2D eigenvalue weighted by atomic mass is 35.5. The number of hydrogen-bond acceptors (Lipinski definition) is 2. The van der Waals surface area contributed by atoms with E-state index in [0.717, 1.165) is 6.07 Å². The molecule has 112 valence electrons. The molecular weight excluding hydrogens is 291 g/mol. The lowest BCUT2D eigenvalue weighted by atomic mass is 10.0. The van der Waals surface area contributed by atoms with Crippen molar-refractivity contribution in [3.63, 3.8) is 0 Å². The van der Waals surface area contributed by atoms with Crippen molar-refractivity contribution in [2.45, 2.75) is 45.9 Å². The van der Waals surface area contributed by atoms with Crippen molar-refractivity contribution in [2.24, 2.45) is 5.16 Å². The van der Waals surface area contributed by atoms with Gasteiger partial charge in [-0.2, -0.15) is 13.2 Å². The molecule has 6 heteroatoms. The zero-order valence-corrected chi connectivity index (χ0v) is 12.6. The first kappa shape index (κ1) is 16.8. The Morgan fingerprint density at radius 1 is 1.25 bits per heavy atom. The lowest BCUT2D eigenvalue weighted by molar-refractivity contribution is -0.137. The van der Waals surface area contributed by atoms with Crippen LogP contribution in [0.15, 0.2) is 23.4 Å². The summed E-state index contributed by atoms with van der Waals surface area (Å²) in [5.41, 5.74) is -1.16. The van der Waals surface area contributed by atoms with Crippen LogP contribution in [0.5, 0.6) is 0 Å². The molecule has 0 aliphatic heterocycles. The smallest absolute Gasteiger partial charge is 0.390 e. The van der Waals surface area contributed by atoms with Crippen LogP contribution in [-0.4, -0.2) is 11.3 Å². The van der Waals surface area contributed by atoms with Gasteiger partial charge in [-0.1, -0.05) is 23.7 Å². The fraction of sp³-hybridized carbons (Fsp3) is 0.500. The second kappa shape index (κ2) is 6.04. The van der Waals surface area contributed by atoms with E-state index in [1.54, 1.807) is 27.7 Å². The molecule has 0 unspecified atom stereocenters. The molecule has 0 N–H and O–H groups in total. The largest absolute Gasteiger partial charge is 0.417 e. The highest BCUT2D eigenvalue weighted by Crippen LogP contribution is 2.34. The van der Waals surface area contributed by atoms with Gasteiger partial charge < -0.3 is 4.84 Å². The Morgan fingerprint density at radius 2 is 1.85 bits per heavy atom. The Bertz CT molecular complexity index is 504. The molecule has 0 atom stereocenters. The summed E-state index contributed by atoms with van der Waals surface area (Å²) in [6, 6.07) is 3.43. The van der Waals surface area contributed by atoms with Crippen LogP contribution in [0.3, 0.4) is 0 Å². The van der Waals surface area contributed by atoms with E-state index in [-0.39, 0.29) is 16.3 Å². The van der Waals surface area contributed by atoms with Crippen LogP contribution < -0.4 is 0 Å². The Hall–Kier alpha value is -1.23. The van der Waals surface area contributed by atoms with Gasteiger partial charge in [0.1, 0.15) is 5.60 Å². The van der Waals surface area contributed by atoms with Gasteiger partial charge in [0, 0.05) is 10.6 Å². The van der Waals surface area contributed by atoms with E-state index in [4.69, 9.17) is 16.4 Å². The van der Waals surface area contributed by atoms with Crippen molar-refractivity contribution in [3.8, 4) is 0 Å². The molecular formula is C14H17ClF3NO. The summed E-state index contributed by atoms with van der Waals surface area (Å²) < 4.78 is 39.0. The molecule has 20 heavy (non-hydrogen) atoms. The molecule has 1 rings (SSSR count). The highest BCUT2D eigenvalue weighted by Gasteiger charge is 2.34. The third kappa shape index (κ3) is 4.71. The number of rotatable bonds is 3. The fourth-order valence-corrected chi connectivity index (χ4v) is 1.67. The molecule has 0 amide bonds. The van der Waals surface area contributed by atoms with Crippen LogP contribution in [0, 0.1) is 0 Å². The standard InChI is InChI=1S/C14H17ClF3NO/c1-5-12(19-20-13(2,3)4)10-8-9(15)6-7-11(10)14(16,17)18/h6-8H,5H2,1-4H3/b19-12+. The minimum atomic E-state index is -4.46. The summed E-state index contributed by atoms with van der Waals surface area (Å²) in [5, 5.41) is 4.08. The van der Waals surface area contributed by atoms with Crippen LogP contribution in [0.2, 0.25) is 5.02 Å². The van der Waals surface area contributed by atoms with Crippen molar-refractivity contribution < 1.29 is 18.0 Å². The zero-order chi connectivity index (χ0) is 15.6. The van der Waals surface area contributed by atoms with Crippen molar-refractivity contribution in [1.82, 2.24) is 0 Å². The Morgan fingerprint density at radius 3 is 2.30 bits per heavy atom. The third-order valence-corrected chi connectivity index (χ3v) is 2.60. The first-order valence-corrected chi connectivity index (χ1v) is 6.54. The lowest BCUT2D eigenvalue weighted by Gasteiger charge is -2.18. The summed E-state index contributed by atoms with van der Waals surface area (Å²) in [5.74, 6) is 0. The predicted molar refractivity (Wildman–Crippen MR) is 74.1 cm³/mol. The van der Waals surface area contributed by atoms with E-state index < -0.39 is 17.3 Å². The summed E-state index contributed by atoms with van der Waals surface area (Å²) in [6.45, 7) is 7.02. The molecule has 0 saturated heterocycles. The third-order valence-electron chi connectivity index (χ3n) is 2.36. The number of nitrogens with zero attached hydrogens (tertiary/aromatic N) is 1. The number of benzene rings is 1. The normalized spacial score (nSPS) is 13.5. The van der Waals surface area contributed by atoms with E-state index in [0.29, 0.717) is 6.42 Å². The van der Waals surface area contributed by atoms with Crippen LogP contribution in [-0.2, 0) is 11.0 Å². The van der Waals surface area contributed by atoms with E-state index in [1.807, 2.05) is 0 Å². The Balaban J connectivity index is 3.31. The van der Waals surface area contributed by atoms with Crippen molar-refractivity contribution in [1.29, 1.82) is 0 Å². The SMILES string of the molecule is CC/C(=N\OC(C)(C)C)c1cc(Cl)ccc1C(F)(F)F. The number of oxime groups is 1. The highest BCUT2D eigenvalue weighted by molar-refractivity contribution is 6.31. The van der Waals surface area contributed by atoms with Crippen molar-refractivity contribution in [3.05, 3.63) is 34.3 Å². The molecule has 0 heterocycles. The molecule has 1 aromatic carbocycles. The maximum absolute atomic E-state index is 13.0. The van der Waals surface area contributed by atoms with Crippen LogP contribution >= 0.6 is 11.6 Å². The average molecular weight is 308 g/mol. The summed E-state index contributed by atoms with van der Waals surface area (Å²) in [7, 11) is 0. The van der Waals surface area contributed by atoms with Gasteiger partial charge in [0.15, 0.2) is 0 Å². The van der Waals surface area contributed by atoms with Gasteiger partial charge in [-0.15, -0.1) is 0 Å². The number of hydrogen-bond donors (Lipinski definition) is 0.